The van der Waals surface area contributed by atoms with Gasteiger partial charge in [-0.15, -0.1) is 0 Å². The first-order valence-electron chi connectivity index (χ1n) is 10.7. The van der Waals surface area contributed by atoms with Crippen LogP contribution in [0.5, 0.6) is 5.75 Å². The number of methoxy groups -OCH3 is 1. The first-order valence-corrected chi connectivity index (χ1v) is 11.1. The number of fused-ring (bicyclic) bond motifs is 1. The lowest BCUT2D eigenvalue weighted by molar-refractivity contribution is -0.137. The number of hydrogen-bond donors (Lipinski definition) is 3. The van der Waals surface area contributed by atoms with Gasteiger partial charge in [0, 0.05) is 35.0 Å². The molecule has 0 fully saturated rings. The lowest BCUT2D eigenvalue weighted by Gasteiger charge is -2.18. The molecule has 0 unspecified atom stereocenters. The monoisotopic (exact) mass is 483 g/mol. The van der Waals surface area contributed by atoms with Crippen molar-refractivity contribution in [1.29, 1.82) is 0 Å². The molecule has 34 heavy (non-hydrogen) atoms. The van der Waals surface area contributed by atoms with E-state index in [0.717, 1.165) is 16.5 Å². The summed E-state index contributed by atoms with van der Waals surface area (Å²) in [7, 11) is 1.56. The average molecular weight is 484 g/mol. The highest BCUT2D eigenvalue weighted by Crippen LogP contribution is 2.26. The predicted octanol–water partition coefficient (Wildman–Crippen LogP) is 3.41. The molecule has 0 radical (unpaired) electrons. The Morgan fingerprint density at radius 3 is 2.62 bits per heavy atom. The molecule has 0 aliphatic heterocycles. The van der Waals surface area contributed by atoms with Crippen molar-refractivity contribution in [3.05, 3.63) is 77.0 Å². The number of hydrogen-bond acceptors (Lipinski definition) is 5. The standard InChI is InChI=1S/C25H26ClN3O5/c1-3-34-23(30)8-5-13-27-24(31)20(14-16-9-11-17(26)12-10-16)29-25(32)21-15-18-19(28-21)6-4-7-22(18)33-2/h4-12,15,20,28H,3,13-14H2,1-2H3,(H,27,31)(H,29,32)/b8-5+/t20-/m0/s1. The fourth-order valence-corrected chi connectivity index (χ4v) is 3.48. The second-order valence-corrected chi connectivity index (χ2v) is 7.80. The van der Waals surface area contributed by atoms with Crippen LogP contribution in [-0.2, 0) is 20.7 Å². The SMILES string of the molecule is CCOC(=O)/C=C/CNC(=O)[C@H](Cc1ccc(Cl)cc1)NC(=O)c1cc2c(OC)cccc2[nH]1. The molecule has 0 spiro atoms. The normalized spacial score (nSPS) is 11.9. The first kappa shape index (κ1) is 24.9. The van der Waals surface area contributed by atoms with Crippen molar-refractivity contribution in [2.75, 3.05) is 20.3 Å². The number of ether oxygens (including phenoxy) is 2. The predicted molar refractivity (Wildman–Crippen MR) is 130 cm³/mol. The molecule has 0 aliphatic rings. The Morgan fingerprint density at radius 1 is 1.15 bits per heavy atom. The fraction of sp³-hybridized carbons (Fsp3) is 0.240. The molecule has 1 atom stereocenters. The summed E-state index contributed by atoms with van der Waals surface area (Å²) in [5.41, 5.74) is 1.87. The molecule has 2 aromatic carbocycles. The summed E-state index contributed by atoms with van der Waals surface area (Å²) in [5, 5.41) is 6.84. The number of carbonyl (C=O) groups is 3. The van der Waals surface area contributed by atoms with Gasteiger partial charge < -0.3 is 25.1 Å². The van der Waals surface area contributed by atoms with Crippen molar-refractivity contribution in [2.24, 2.45) is 0 Å². The van der Waals surface area contributed by atoms with Crippen LogP contribution in [-0.4, -0.2) is 49.1 Å². The van der Waals surface area contributed by atoms with E-state index in [0.29, 0.717) is 16.5 Å². The lowest BCUT2D eigenvalue weighted by Crippen LogP contribution is -2.48. The van der Waals surface area contributed by atoms with Gasteiger partial charge in [-0.25, -0.2) is 4.79 Å². The van der Waals surface area contributed by atoms with E-state index in [1.807, 2.05) is 12.1 Å². The van der Waals surface area contributed by atoms with E-state index in [1.165, 1.54) is 12.2 Å². The number of carbonyl (C=O) groups excluding carboxylic acids is 3. The van der Waals surface area contributed by atoms with Crippen LogP contribution >= 0.6 is 11.6 Å². The molecule has 3 aromatic rings. The molecule has 1 heterocycles. The zero-order valence-corrected chi connectivity index (χ0v) is 19.6. The lowest BCUT2D eigenvalue weighted by atomic mass is 10.0. The van der Waals surface area contributed by atoms with Crippen LogP contribution in [0.4, 0.5) is 0 Å². The van der Waals surface area contributed by atoms with Crippen molar-refractivity contribution in [3.8, 4) is 5.75 Å². The molecule has 3 N–H and O–H groups in total. The molecule has 0 aliphatic carbocycles. The van der Waals surface area contributed by atoms with Gasteiger partial charge >= 0.3 is 5.97 Å². The van der Waals surface area contributed by atoms with Gasteiger partial charge in [-0.2, -0.15) is 0 Å². The number of aromatic nitrogens is 1. The molecule has 3 rings (SSSR count). The second kappa shape index (κ2) is 11.9. The summed E-state index contributed by atoms with van der Waals surface area (Å²) in [6.07, 6.45) is 2.98. The van der Waals surface area contributed by atoms with E-state index in [-0.39, 0.29) is 19.6 Å². The van der Waals surface area contributed by atoms with Crippen molar-refractivity contribution < 1.29 is 23.9 Å². The van der Waals surface area contributed by atoms with E-state index >= 15 is 0 Å². The summed E-state index contributed by atoms with van der Waals surface area (Å²) >= 11 is 5.96. The Labute approximate surface area is 202 Å². The van der Waals surface area contributed by atoms with Gasteiger partial charge in [-0.1, -0.05) is 35.9 Å². The minimum Gasteiger partial charge on any atom is -0.496 e. The van der Waals surface area contributed by atoms with Crippen LogP contribution in [0.25, 0.3) is 10.9 Å². The number of H-pyrrole nitrogens is 1. The minimum absolute atomic E-state index is 0.105. The molecule has 1 aromatic heterocycles. The molecule has 178 valence electrons. The minimum atomic E-state index is -0.863. The van der Waals surface area contributed by atoms with Crippen molar-refractivity contribution in [1.82, 2.24) is 15.6 Å². The topological polar surface area (TPSA) is 110 Å². The van der Waals surface area contributed by atoms with E-state index in [2.05, 4.69) is 15.6 Å². The Kier molecular flexibility index (Phi) is 8.70. The van der Waals surface area contributed by atoms with Gasteiger partial charge in [0.15, 0.2) is 0 Å². The number of benzene rings is 2. The quantitative estimate of drug-likeness (QED) is 0.302. The Morgan fingerprint density at radius 2 is 1.91 bits per heavy atom. The van der Waals surface area contributed by atoms with Crippen LogP contribution in [0.3, 0.4) is 0 Å². The van der Waals surface area contributed by atoms with Crippen LogP contribution in [0.1, 0.15) is 23.0 Å². The number of rotatable bonds is 10. The molecular formula is C25H26ClN3O5. The van der Waals surface area contributed by atoms with Crippen LogP contribution < -0.4 is 15.4 Å². The smallest absolute Gasteiger partial charge is 0.330 e. The third kappa shape index (κ3) is 6.62. The van der Waals surface area contributed by atoms with Gasteiger partial charge in [0.25, 0.3) is 5.91 Å². The number of nitrogens with one attached hydrogen (secondary N) is 3. The Bertz CT molecular complexity index is 1190. The summed E-state index contributed by atoms with van der Waals surface area (Å²) in [4.78, 5) is 40.4. The molecule has 0 saturated heterocycles. The summed E-state index contributed by atoms with van der Waals surface area (Å²) < 4.78 is 10.2. The maximum Gasteiger partial charge on any atom is 0.330 e. The number of amides is 2. The summed E-state index contributed by atoms with van der Waals surface area (Å²) in [6.45, 7) is 2.08. The molecule has 0 saturated carbocycles. The maximum atomic E-state index is 13.0. The largest absolute Gasteiger partial charge is 0.496 e. The van der Waals surface area contributed by atoms with Crippen LogP contribution in [0.15, 0.2) is 60.7 Å². The highest BCUT2D eigenvalue weighted by Gasteiger charge is 2.23. The van der Waals surface area contributed by atoms with E-state index in [9.17, 15) is 14.4 Å². The van der Waals surface area contributed by atoms with E-state index in [1.54, 1.807) is 50.4 Å². The highest BCUT2D eigenvalue weighted by atomic mass is 35.5. The molecular weight excluding hydrogens is 458 g/mol. The van der Waals surface area contributed by atoms with Crippen LogP contribution in [0, 0.1) is 0 Å². The van der Waals surface area contributed by atoms with Crippen molar-refractivity contribution >= 4 is 40.3 Å². The van der Waals surface area contributed by atoms with Crippen molar-refractivity contribution in [3.63, 3.8) is 0 Å². The molecule has 8 nitrogen and oxygen atoms in total. The van der Waals surface area contributed by atoms with E-state index in [4.69, 9.17) is 21.1 Å². The van der Waals surface area contributed by atoms with E-state index < -0.39 is 23.8 Å². The van der Waals surface area contributed by atoms with Gasteiger partial charge in [-0.3, -0.25) is 9.59 Å². The maximum absolute atomic E-state index is 13.0. The third-order valence-electron chi connectivity index (χ3n) is 5.00. The third-order valence-corrected chi connectivity index (χ3v) is 5.25. The fourth-order valence-electron chi connectivity index (χ4n) is 3.36. The van der Waals surface area contributed by atoms with Crippen molar-refractivity contribution in [2.45, 2.75) is 19.4 Å². The number of aromatic amines is 1. The second-order valence-electron chi connectivity index (χ2n) is 7.36. The Balaban J connectivity index is 1.74. The number of esters is 1. The first-order chi connectivity index (χ1) is 16.4. The zero-order valence-electron chi connectivity index (χ0n) is 18.9. The Hall–Kier alpha value is -3.78. The number of halogens is 1. The zero-order chi connectivity index (χ0) is 24.5. The average Bonchev–Trinajstić information content (AvgIpc) is 3.27. The van der Waals surface area contributed by atoms with Gasteiger partial charge in [0.05, 0.1) is 13.7 Å². The van der Waals surface area contributed by atoms with Gasteiger partial charge in [0.2, 0.25) is 5.91 Å². The highest BCUT2D eigenvalue weighted by molar-refractivity contribution is 6.30. The molecule has 2 amide bonds. The summed E-state index contributed by atoms with van der Waals surface area (Å²) in [5.74, 6) is -0.686. The van der Waals surface area contributed by atoms with Crippen LogP contribution in [0.2, 0.25) is 5.02 Å². The summed E-state index contributed by atoms with van der Waals surface area (Å²) in [6, 6.07) is 13.3. The van der Waals surface area contributed by atoms with Gasteiger partial charge in [0.1, 0.15) is 17.5 Å². The molecule has 0 bridgehead atoms. The molecule has 9 heteroatoms. The van der Waals surface area contributed by atoms with Gasteiger partial charge in [-0.05, 0) is 42.8 Å².